The first-order valence-corrected chi connectivity index (χ1v) is 6.59. The highest BCUT2D eigenvalue weighted by Gasteiger charge is 2.40. The van der Waals surface area contributed by atoms with E-state index in [2.05, 4.69) is 4.98 Å². The van der Waals surface area contributed by atoms with Crippen LogP contribution in [0.25, 0.3) is 0 Å². The third-order valence-electron chi connectivity index (χ3n) is 2.82. The van der Waals surface area contributed by atoms with Crippen molar-refractivity contribution in [2.75, 3.05) is 0 Å². The van der Waals surface area contributed by atoms with Crippen LogP contribution in [-0.4, -0.2) is 16.2 Å². The van der Waals surface area contributed by atoms with Gasteiger partial charge in [0.1, 0.15) is 5.69 Å². The fourth-order valence-corrected chi connectivity index (χ4v) is 2.28. The van der Waals surface area contributed by atoms with E-state index in [1.54, 1.807) is 0 Å². The van der Waals surface area contributed by atoms with Gasteiger partial charge in [0.2, 0.25) is 0 Å². The number of carbonyl (C=O) groups is 2. The number of hydrogen-bond donors (Lipinski definition) is 0. The van der Waals surface area contributed by atoms with E-state index in [4.69, 9.17) is 11.6 Å². The maximum Gasteiger partial charge on any atom is 0.434 e. The van der Waals surface area contributed by atoms with E-state index in [9.17, 15) is 36.6 Å². The lowest BCUT2D eigenvalue weighted by Crippen LogP contribution is -2.31. The summed E-state index contributed by atoms with van der Waals surface area (Å²) in [7, 11) is 0. The van der Waals surface area contributed by atoms with E-state index in [0.717, 1.165) is 0 Å². The average Bonchev–Trinajstić information content (AvgIpc) is 2.34. The van der Waals surface area contributed by atoms with Crippen LogP contribution in [0.4, 0.5) is 22.0 Å². The molecule has 23 heavy (non-hydrogen) atoms. The van der Waals surface area contributed by atoms with Gasteiger partial charge in [-0.3, -0.25) is 4.79 Å². The van der Waals surface area contributed by atoms with Crippen LogP contribution in [0, 0.1) is 5.92 Å². The van der Waals surface area contributed by atoms with Crippen molar-refractivity contribution in [3.05, 3.63) is 28.1 Å². The van der Waals surface area contributed by atoms with Crippen LogP contribution in [0.5, 0.6) is 0 Å². The number of pyridine rings is 1. The van der Waals surface area contributed by atoms with E-state index in [-0.39, 0.29) is 0 Å². The predicted octanol–water partition coefficient (Wildman–Crippen LogP) is 2.98. The Bertz CT molecular complexity index is 643. The summed E-state index contributed by atoms with van der Waals surface area (Å²) in [6.07, 6.45) is -9.27. The Balaban J connectivity index is 4.00. The van der Waals surface area contributed by atoms with Crippen molar-refractivity contribution in [2.45, 2.75) is 32.9 Å². The Kier molecular flexibility index (Phi) is 5.68. The minimum atomic E-state index is -5.32. The molecule has 10 heteroatoms. The molecule has 0 saturated heterocycles. The van der Waals surface area contributed by atoms with E-state index < -0.39 is 64.2 Å². The minimum Gasteiger partial charge on any atom is -0.545 e. The molecule has 0 saturated carbocycles. The van der Waals surface area contributed by atoms with Gasteiger partial charge in [0, 0.05) is 5.56 Å². The van der Waals surface area contributed by atoms with Crippen molar-refractivity contribution in [3.8, 4) is 0 Å². The zero-order chi connectivity index (χ0) is 18.1. The lowest BCUT2D eigenvalue weighted by molar-refractivity contribution is -0.256. The van der Waals surface area contributed by atoms with Crippen LogP contribution >= 0.6 is 11.6 Å². The summed E-state index contributed by atoms with van der Waals surface area (Å²) >= 11 is 5.18. The van der Waals surface area contributed by atoms with Gasteiger partial charge in [0.25, 0.3) is 11.7 Å². The Morgan fingerprint density at radius 3 is 2.04 bits per heavy atom. The monoisotopic (exact) mass is 358 g/mol. The molecule has 0 N–H and O–H groups in total. The van der Waals surface area contributed by atoms with Crippen LogP contribution in [-0.2, 0) is 12.6 Å². The number of carboxylic acids is 1. The average molecular weight is 359 g/mol. The van der Waals surface area contributed by atoms with Crippen LogP contribution < -0.4 is 5.11 Å². The Hall–Kier alpha value is -1.77. The van der Waals surface area contributed by atoms with Crippen LogP contribution in [0.2, 0.25) is 0 Å². The van der Waals surface area contributed by atoms with Gasteiger partial charge in [0.05, 0.1) is 11.5 Å². The molecule has 1 rings (SSSR count). The second-order valence-corrected chi connectivity index (χ2v) is 5.38. The lowest BCUT2D eigenvalue weighted by Gasteiger charge is -2.22. The summed E-state index contributed by atoms with van der Waals surface area (Å²) in [4.78, 5) is 25.2. The molecule has 128 valence electrons. The molecule has 4 nitrogen and oxygen atoms in total. The molecule has 0 aliphatic rings. The lowest BCUT2D eigenvalue weighted by atomic mass is 9.91. The highest BCUT2D eigenvalue weighted by atomic mass is 35.5. The van der Waals surface area contributed by atoms with Crippen molar-refractivity contribution in [1.29, 1.82) is 0 Å². The quantitative estimate of drug-likeness (QED) is 0.599. The van der Waals surface area contributed by atoms with Crippen molar-refractivity contribution in [1.82, 2.24) is 4.98 Å². The minimum absolute atomic E-state index is 0.400. The van der Waals surface area contributed by atoms with Crippen molar-refractivity contribution < 1.29 is 36.6 Å². The molecule has 0 atom stereocenters. The summed E-state index contributed by atoms with van der Waals surface area (Å²) in [6.45, 7) is 2.99. The number of nitrogens with zero attached hydrogens (tertiary/aromatic N) is 1. The zero-order valence-electron chi connectivity index (χ0n) is 11.8. The number of aromatic carboxylic acids is 1. The van der Waals surface area contributed by atoms with Gasteiger partial charge in [-0.1, -0.05) is 13.8 Å². The fourth-order valence-electron chi connectivity index (χ4n) is 2.07. The first kappa shape index (κ1) is 19.3. The molecule has 0 aliphatic carbocycles. The van der Waals surface area contributed by atoms with E-state index in [1.165, 1.54) is 13.8 Å². The van der Waals surface area contributed by atoms with E-state index in [1.807, 2.05) is 0 Å². The number of hydrogen-bond acceptors (Lipinski definition) is 4. The van der Waals surface area contributed by atoms with E-state index >= 15 is 0 Å². The molecule has 0 unspecified atom stereocenters. The number of alkyl halides is 5. The summed E-state index contributed by atoms with van der Waals surface area (Å²) in [6, 6.07) is 0. The predicted molar refractivity (Wildman–Crippen MR) is 67.3 cm³/mol. The smallest absolute Gasteiger partial charge is 0.434 e. The normalized spacial score (nSPS) is 12.1. The Labute approximate surface area is 132 Å². The van der Waals surface area contributed by atoms with Gasteiger partial charge < -0.3 is 9.90 Å². The summed E-state index contributed by atoms with van der Waals surface area (Å²) in [5.41, 5.74) is -6.76. The summed E-state index contributed by atoms with van der Waals surface area (Å²) in [5.74, 6) is -2.72. The second kappa shape index (κ2) is 6.77. The molecule has 0 aliphatic heterocycles. The fraction of sp³-hybridized carbons (Fsp3) is 0.462. The molecular weight excluding hydrogens is 349 g/mol. The van der Waals surface area contributed by atoms with Crippen LogP contribution in [0.3, 0.4) is 0 Å². The molecule has 0 fully saturated rings. The number of halogens is 6. The molecule has 1 heterocycles. The number of carbonyl (C=O) groups excluding carboxylic acids is 2. The molecule has 0 bridgehead atoms. The maximum atomic E-state index is 13.0. The topological polar surface area (TPSA) is 70.1 Å². The van der Waals surface area contributed by atoms with E-state index in [0.29, 0.717) is 0 Å². The molecule has 0 amide bonds. The van der Waals surface area contributed by atoms with Crippen molar-refractivity contribution in [2.24, 2.45) is 5.92 Å². The Morgan fingerprint density at radius 1 is 1.22 bits per heavy atom. The molecule has 1 aromatic heterocycles. The number of rotatable bonds is 5. The molecule has 0 aromatic carbocycles. The van der Waals surface area contributed by atoms with Crippen molar-refractivity contribution in [3.63, 3.8) is 0 Å². The van der Waals surface area contributed by atoms with Gasteiger partial charge in [0.15, 0.2) is 5.69 Å². The summed E-state index contributed by atoms with van der Waals surface area (Å²) < 4.78 is 65.0. The first-order valence-electron chi connectivity index (χ1n) is 6.21. The zero-order valence-corrected chi connectivity index (χ0v) is 12.6. The molecule has 1 aromatic rings. The van der Waals surface area contributed by atoms with Gasteiger partial charge in [-0.15, -0.1) is 0 Å². The van der Waals surface area contributed by atoms with Gasteiger partial charge in [-0.25, -0.2) is 13.8 Å². The van der Waals surface area contributed by atoms with Crippen LogP contribution in [0.15, 0.2) is 0 Å². The second-order valence-electron chi connectivity index (χ2n) is 5.03. The van der Waals surface area contributed by atoms with Gasteiger partial charge in [-0.05, 0) is 29.5 Å². The highest BCUT2D eigenvalue weighted by Crippen LogP contribution is 2.37. The van der Waals surface area contributed by atoms with Crippen LogP contribution in [0.1, 0.15) is 57.9 Å². The molecule has 0 radical (unpaired) electrons. The number of aromatic nitrogens is 1. The Morgan fingerprint density at radius 2 is 1.74 bits per heavy atom. The van der Waals surface area contributed by atoms with Gasteiger partial charge in [-0.2, -0.15) is 13.2 Å². The third kappa shape index (κ3) is 4.15. The van der Waals surface area contributed by atoms with Crippen molar-refractivity contribution >= 4 is 22.8 Å². The maximum absolute atomic E-state index is 13.0. The SMILES string of the molecule is CC(C)Cc1c(C(=O)Cl)c(C(F)F)nc(C(F)(F)F)c1C(=O)[O-]. The highest BCUT2D eigenvalue weighted by molar-refractivity contribution is 6.68. The first-order chi connectivity index (χ1) is 10.4. The third-order valence-corrected chi connectivity index (χ3v) is 3.01. The summed E-state index contributed by atoms with van der Waals surface area (Å²) in [5, 5.41) is 9.62. The molecule has 0 spiro atoms. The van der Waals surface area contributed by atoms with Gasteiger partial charge >= 0.3 is 6.18 Å². The number of carboxylic acid groups (broad SMARTS) is 1. The standard InChI is InChI=1S/C13H11ClF5NO3/c1-4(2)3-5-6(10(14)21)8(11(15)16)20-9(13(17,18)19)7(5)12(22)23/h4,11H,3H2,1-2H3,(H,22,23)/p-1. The molecular formula is C13H10ClF5NO3-. The largest absolute Gasteiger partial charge is 0.545 e.